The fourth-order valence-electron chi connectivity index (χ4n) is 3.14. The van der Waals surface area contributed by atoms with Crippen LogP contribution in [0, 0.1) is 0 Å². The Balaban J connectivity index is 1.84. The number of ether oxygens (including phenoxy) is 3. The molecule has 30 heavy (non-hydrogen) atoms. The predicted molar refractivity (Wildman–Crippen MR) is 116 cm³/mol. The van der Waals surface area contributed by atoms with E-state index in [2.05, 4.69) is 10.2 Å². The second kappa shape index (κ2) is 10.3. The number of benzene rings is 2. The highest BCUT2D eigenvalue weighted by Crippen LogP contribution is 2.28. The van der Waals surface area contributed by atoms with Crippen LogP contribution in [0.5, 0.6) is 5.75 Å². The van der Waals surface area contributed by atoms with E-state index < -0.39 is 5.97 Å². The first kappa shape index (κ1) is 21.9. The van der Waals surface area contributed by atoms with Gasteiger partial charge < -0.3 is 24.4 Å². The predicted octanol–water partition coefficient (Wildman–Crippen LogP) is 4.00. The molecule has 0 saturated carbocycles. The topological polar surface area (TPSA) is 77.1 Å². The van der Waals surface area contributed by atoms with Gasteiger partial charge in [-0.3, -0.25) is 4.79 Å². The van der Waals surface area contributed by atoms with Gasteiger partial charge in [-0.2, -0.15) is 0 Å². The zero-order chi connectivity index (χ0) is 21.5. The highest BCUT2D eigenvalue weighted by molar-refractivity contribution is 6.32. The Morgan fingerprint density at radius 2 is 1.93 bits per heavy atom. The Hall–Kier alpha value is -2.77. The number of carbonyl (C=O) groups excluding carboxylic acids is 2. The van der Waals surface area contributed by atoms with Crippen molar-refractivity contribution in [2.24, 2.45) is 0 Å². The molecule has 0 bridgehead atoms. The van der Waals surface area contributed by atoms with Crippen molar-refractivity contribution in [2.45, 2.75) is 13.3 Å². The zero-order valence-corrected chi connectivity index (χ0v) is 17.8. The number of nitrogens with one attached hydrogen (secondary N) is 1. The third-order valence-corrected chi connectivity index (χ3v) is 4.97. The van der Waals surface area contributed by atoms with Crippen LogP contribution in [0.1, 0.15) is 34.1 Å². The van der Waals surface area contributed by atoms with Crippen molar-refractivity contribution in [1.29, 1.82) is 0 Å². The van der Waals surface area contributed by atoms with E-state index in [-0.39, 0.29) is 5.91 Å². The van der Waals surface area contributed by atoms with Crippen molar-refractivity contribution in [3.8, 4) is 5.75 Å². The zero-order valence-electron chi connectivity index (χ0n) is 17.1. The van der Waals surface area contributed by atoms with Crippen LogP contribution in [0.2, 0.25) is 5.02 Å². The van der Waals surface area contributed by atoms with E-state index in [1.54, 1.807) is 24.3 Å². The van der Waals surface area contributed by atoms with Crippen molar-refractivity contribution in [3.63, 3.8) is 0 Å². The fraction of sp³-hybridized carbons (Fsp3) is 0.364. The van der Waals surface area contributed by atoms with E-state index in [1.165, 1.54) is 13.2 Å². The van der Waals surface area contributed by atoms with E-state index in [1.807, 2.05) is 13.0 Å². The molecule has 0 aliphatic carbocycles. The van der Waals surface area contributed by atoms with Gasteiger partial charge in [-0.25, -0.2) is 4.79 Å². The van der Waals surface area contributed by atoms with Crippen LogP contribution in [0.3, 0.4) is 0 Å². The molecule has 2 aromatic rings. The molecule has 0 spiro atoms. The Labute approximate surface area is 180 Å². The molecular weight excluding hydrogens is 408 g/mol. The molecule has 0 atom stereocenters. The van der Waals surface area contributed by atoms with E-state index in [4.69, 9.17) is 25.8 Å². The Morgan fingerprint density at radius 3 is 2.60 bits per heavy atom. The first-order valence-corrected chi connectivity index (χ1v) is 10.2. The summed E-state index contributed by atoms with van der Waals surface area (Å²) >= 11 is 6.12. The maximum Gasteiger partial charge on any atom is 0.340 e. The van der Waals surface area contributed by atoms with Crippen LogP contribution >= 0.6 is 11.6 Å². The monoisotopic (exact) mass is 432 g/mol. The fourth-order valence-corrected chi connectivity index (χ4v) is 3.40. The average molecular weight is 433 g/mol. The molecule has 0 radical (unpaired) electrons. The first-order valence-electron chi connectivity index (χ1n) is 9.82. The van der Waals surface area contributed by atoms with Crippen LogP contribution in [0.15, 0.2) is 36.4 Å². The van der Waals surface area contributed by atoms with Gasteiger partial charge in [-0.05, 0) is 42.8 Å². The van der Waals surface area contributed by atoms with Crippen molar-refractivity contribution < 1.29 is 23.8 Å². The number of carbonyl (C=O) groups is 2. The minimum atomic E-state index is -0.415. The SMILES string of the molecule is CCCOC(=O)c1cc(NC(=O)c2ccc(OC)c(Cl)c2)ccc1N1CCOCC1. The van der Waals surface area contributed by atoms with Gasteiger partial charge in [0.1, 0.15) is 5.75 Å². The molecule has 1 aliphatic rings. The Bertz CT molecular complexity index is 912. The van der Waals surface area contributed by atoms with E-state index in [0.717, 1.165) is 12.1 Å². The second-order valence-electron chi connectivity index (χ2n) is 6.77. The van der Waals surface area contributed by atoms with Crippen LogP contribution in [-0.4, -0.2) is 51.9 Å². The molecule has 8 heteroatoms. The molecule has 0 unspecified atom stereocenters. The highest BCUT2D eigenvalue weighted by Gasteiger charge is 2.21. The molecule has 1 saturated heterocycles. The number of esters is 1. The van der Waals surface area contributed by atoms with Gasteiger partial charge in [0.25, 0.3) is 5.91 Å². The maximum absolute atomic E-state index is 12.7. The van der Waals surface area contributed by atoms with Gasteiger partial charge >= 0.3 is 5.97 Å². The molecule has 160 valence electrons. The maximum atomic E-state index is 12.7. The number of anilines is 2. The third kappa shape index (κ3) is 5.23. The largest absolute Gasteiger partial charge is 0.495 e. The van der Waals surface area contributed by atoms with Gasteiger partial charge in [0.05, 0.1) is 43.2 Å². The lowest BCUT2D eigenvalue weighted by molar-refractivity contribution is 0.0504. The van der Waals surface area contributed by atoms with Gasteiger partial charge in [0.2, 0.25) is 0 Å². The summed E-state index contributed by atoms with van der Waals surface area (Å²) < 4.78 is 15.9. The summed E-state index contributed by atoms with van der Waals surface area (Å²) in [7, 11) is 1.51. The minimum absolute atomic E-state index is 0.336. The molecule has 1 heterocycles. The molecule has 1 fully saturated rings. The number of morpholine rings is 1. The lowest BCUT2D eigenvalue weighted by Crippen LogP contribution is -2.37. The Kier molecular flexibility index (Phi) is 7.54. The van der Waals surface area contributed by atoms with Crippen molar-refractivity contribution in [3.05, 3.63) is 52.5 Å². The van der Waals surface area contributed by atoms with Gasteiger partial charge in [-0.15, -0.1) is 0 Å². The molecule has 1 aliphatic heterocycles. The second-order valence-corrected chi connectivity index (χ2v) is 7.18. The summed E-state index contributed by atoms with van der Waals surface area (Å²) in [6.45, 7) is 4.84. The number of hydrogen-bond donors (Lipinski definition) is 1. The third-order valence-electron chi connectivity index (χ3n) is 4.68. The van der Waals surface area contributed by atoms with Crippen LogP contribution in [0.25, 0.3) is 0 Å². The molecule has 0 aromatic heterocycles. The summed E-state index contributed by atoms with van der Waals surface area (Å²) in [5, 5.41) is 3.16. The summed E-state index contributed by atoms with van der Waals surface area (Å²) in [5.74, 6) is -0.266. The van der Waals surface area contributed by atoms with E-state index >= 15 is 0 Å². The van der Waals surface area contributed by atoms with Crippen molar-refractivity contribution >= 4 is 34.9 Å². The summed E-state index contributed by atoms with van der Waals surface area (Å²) in [4.78, 5) is 27.4. The molecule has 1 N–H and O–H groups in total. The minimum Gasteiger partial charge on any atom is -0.495 e. The number of amides is 1. The summed E-state index contributed by atoms with van der Waals surface area (Å²) in [6, 6.07) is 10.0. The quantitative estimate of drug-likeness (QED) is 0.666. The van der Waals surface area contributed by atoms with Crippen LogP contribution in [0.4, 0.5) is 11.4 Å². The average Bonchev–Trinajstić information content (AvgIpc) is 2.77. The van der Waals surface area contributed by atoms with Crippen LogP contribution in [-0.2, 0) is 9.47 Å². The lowest BCUT2D eigenvalue weighted by Gasteiger charge is -2.30. The number of halogens is 1. The molecule has 7 nitrogen and oxygen atoms in total. The van der Waals surface area contributed by atoms with Gasteiger partial charge in [-0.1, -0.05) is 18.5 Å². The number of rotatable bonds is 7. The molecule has 2 aromatic carbocycles. The Morgan fingerprint density at radius 1 is 1.17 bits per heavy atom. The molecule has 1 amide bonds. The van der Waals surface area contributed by atoms with Gasteiger partial charge in [0.15, 0.2) is 0 Å². The van der Waals surface area contributed by atoms with E-state index in [0.29, 0.717) is 60.5 Å². The molecular formula is C22H25ClN2O5. The molecule has 3 rings (SSSR count). The number of nitrogens with zero attached hydrogens (tertiary/aromatic N) is 1. The van der Waals surface area contributed by atoms with Crippen molar-refractivity contribution in [1.82, 2.24) is 0 Å². The number of hydrogen-bond acceptors (Lipinski definition) is 6. The van der Waals surface area contributed by atoms with Gasteiger partial charge in [0, 0.05) is 24.3 Å². The summed E-state index contributed by atoms with van der Waals surface area (Å²) in [5.41, 5.74) is 2.06. The normalized spacial score (nSPS) is 13.6. The smallest absolute Gasteiger partial charge is 0.340 e. The highest BCUT2D eigenvalue weighted by atomic mass is 35.5. The number of methoxy groups -OCH3 is 1. The van der Waals surface area contributed by atoms with E-state index in [9.17, 15) is 9.59 Å². The van der Waals surface area contributed by atoms with Crippen LogP contribution < -0.4 is 15.0 Å². The lowest BCUT2D eigenvalue weighted by atomic mass is 10.1. The standard InChI is InChI=1S/C22H25ClN2O5/c1-3-10-30-22(27)17-14-16(5-6-19(17)25-8-11-29-12-9-25)24-21(26)15-4-7-20(28-2)18(23)13-15/h4-7,13-14H,3,8-12H2,1-2H3,(H,24,26). The van der Waals surface area contributed by atoms with Crippen molar-refractivity contribution in [2.75, 3.05) is 50.2 Å². The summed E-state index contributed by atoms with van der Waals surface area (Å²) in [6.07, 6.45) is 0.729. The first-order chi connectivity index (χ1) is 14.5.